The van der Waals surface area contributed by atoms with Gasteiger partial charge >= 0.3 is 0 Å². The number of aromatic amines is 1. The first-order chi connectivity index (χ1) is 8.00. The maximum absolute atomic E-state index is 13.8. The molecule has 2 aromatic rings. The topological polar surface area (TPSA) is 27.8 Å². The lowest BCUT2D eigenvalue weighted by molar-refractivity contribution is 0.394. The summed E-state index contributed by atoms with van der Waals surface area (Å²) in [7, 11) is 0. The third kappa shape index (κ3) is 1.42. The Morgan fingerprint density at radius 3 is 2.88 bits per heavy atom. The molecule has 90 valence electrons. The minimum Gasteiger partial charge on any atom is -0.354 e. The highest BCUT2D eigenvalue weighted by molar-refractivity contribution is 5.86. The fraction of sp³-hybridized carbons (Fsp3) is 0.429. The Kier molecular flexibility index (Phi) is 2.11. The van der Waals surface area contributed by atoms with Crippen LogP contribution in [0.1, 0.15) is 38.1 Å². The second-order valence-corrected chi connectivity index (χ2v) is 5.56. The molecule has 0 radical (unpaired) electrons. The van der Waals surface area contributed by atoms with Gasteiger partial charge in [-0.1, -0.05) is 26.0 Å². The van der Waals surface area contributed by atoms with Crippen molar-refractivity contribution in [3.05, 3.63) is 35.3 Å². The van der Waals surface area contributed by atoms with E-state index in [9.17, 15) is 4.39 Å². The van der Waals surface area contributed by atoms with Crippen LogP contribution >= 0.6 is 0 Å². The number of hydrogen-bond donors (Lipinski definition) is 2. The first-order valence-electron chi connectivity index (χ1n) is 6.04. The average Bonchev–Trinajstić information content (AvgIpc) is 2.67. The molecular weight excluding hydrogens is 215 g/mol. The van der Waals surface area contributed by atoms with Crippen LogP contribution in [0.2, 0.25) is 0 Å². The van der Waals surface area contributed by atoms with Crippen LogP contribution in [0, 0.1) is 5.82 Å². The fourth-order valence-electron chi connectivity index (χ4n) is 2.85. The standard InChI is InChI=1S/C14H17FN2/c1-8-12-11(14(2,3)7-16-8)9-5-4-6-10(15)13(9)17-12/h4-6,8,16-17H,7H2,1-3H3. The summed E-state index contributed by atoms with van der Waals surface area (Å²) in [6.45, 7) is 7.43. The lowest BCUT2D eigenvalue weighted by atomic mass is 9.79. The molecule has 1 unspecified atom stereocenters. The molecule has 17 heavy (non-hydrogen) atoms. The molecule has 0 saturated heterocycles. The number of hydrogen-bond acceptors (Lipinski definition) is 1. The quantitative estimate of drug-likeness (QED) is 0.717. The Morgan fingerprint density at radius 1 is 1.35 bits per heavy atom. The Balaban J connectivity index is 2.40. The van der Waals surface area contributed by atoms with Crippen molar-refractivity contribution in [2.45, 2.75) is 32.2 Å². The van der Waals surface area contributed by atoms with Crippen LogP contribution < -0.4 is 5.32 Å². The molecule has 1 aliphatic rings. The predicted molar refractivity (Wildman–Crippen MR) is 67.7 cm³/mol. The molecule has 0 spiro atoms. The van der Waals surface area contributed by atoms with E-state index < -0.39 is 0 Å². The van der Waals surface area contributed by atoms with Crippen molar-refractivity contribution in [3.63, 3.8) is 0 Å². The highest BCUT2D eigenvalue weighted by Gasteiger charge is 2.34. The average molecular weight is 232 g/mol. The molecular formula is C14H17FN2. The molecule has 3 heteroatoms. The summed E-state index contributed by atoms with van der Waals surface area (Å²) < 4.78 is 13.8. The number of benzene rings is 1. The van der Waals surface area contributed by atoms with Crippen molar-refractivity contribution >= 4 is 10.9 Å². The summed E-state index contributed by atoms with van der Waals surface area (Å²) in [5.74, 6) is -0.167. The molecule has 1 aromatic heterocycles. The zero-order chi connectivity index (χ0) is 12.2. The van der Waals surface area contributed by atoms with Gasteiger partial charge in [0, 0.05) is 29.1 Å². The second kappa shape index (κ2) is 3.33. The summed E-state index contributed by atoms with van der Waals surface area (Å²) in [5, 5.41) is 4.48. The van der Waals surface area contributed by atoms with Crippen molar-refractivity contribution in [2.75, 3.05) is 6.54 Å². The minimum atomic E-state index is -0.167. The third-order valence-electron chi connectivity index (χ3n) is 3.77. The summed E-state index contributed by atoms with van der Waals surface area (Å²) >= 11 is 0. The van der Waals surface area contributed by atoms with Crippen molar-refractivity contribution in [1.29, 1.82) is 0 Å². The number of nitrogens with one attached hydrogen (secondary N) is 2. The summed E-state index contributed by atoms with van der Waals surface area (Å²) in [6, 6.07) is 5.56. The zero-order valence-electron chi connectivity index (χ0n) is 10.4. The molecule has 3 rings (SSSR count). The Labute approximate surface area is 100 Å². The lowest BCUT2D eigenvalue weighted by Gasteiger charge is -2.34. The summed E-state index contributed by atoms with van der Waals surface area (Å²) in [5.41, 5.74) is 3.06. The molecule has 0 fully saturated rings. The number of halogens is 1. The van der Waals surface area contributed by atoms with Gasteiger partial charge in [0.2, 0.25) is 0 Å². The van der Waals surface area contributed by atoms with E-state index in [4.69, 9.17) is 0 Å². The fourth-order valence-corrected chi connectivity index (χ4v) is 2.85. The molecule has 1 aromatic carbocycles. The van der Waals surface area contributed by atoms with E-state index in [1.54, 1.807) is 6.07 Å². The van der Waals surface area contributed by atoms with Crippen LogP contribution in [-0.2, 0) is 5.41 Å². The van der Waals surface area contributed by atoms with Crippen molar-refractivity contribution in [2.24, 2.45) is 0 Å². The number of aromatic nitrogens is 1. The maximum Gasteiger partial charge on any atom is 0.147 e. The van der Waals surface area contributed by atoms with Gasteiger partial charge in [-0.3, -0.25) is 0 Å². The van der Waals surface area contributed by atoms with Gasteiger partial charge in [0.15, 0.2) is 0 Å². The van der Waals surface area contributed by atoms with E-state index in [1.165, 1.54) is 11.6 Å². The van der Waals surface area contributed by atoms with Gasteiger partial charge in [0.1, 0.15) is 5.82 Å². The van der Waals surface area contributed by atoms with E-state index in [1.807, 2.05) is 6.07 Å². The van der Waals surface area contributed by atoms with E-state index in [-0.39, 0.29) is 17.3 Å². The van der Waals surface area contributed by atoms with Crippen molar-refractivity contribution < 1.29 is 4.39 Å². The van der Waals surface area contributed by atoms with Gasteiger partial charge in [-0.05, 0) is 18.6 Å². The van der Waals surface area contributed by atoms with Crippen LogP contribution in [-0.4, -0.2) is 11.5 Å². The molecule has 2 nitrogen and oxygen atoms in total. The molecule has 2 heterocycles. The van der Waals surface area contributed by atoms with Crippen molar-refractivity contribution in [1.82, 2.24) is 10.3 Å². The van der Waals surface area contributed by atoms with Crippen molar-refractivity contribution in [3.8, 4) is 0 Å². The Bertz CT molecular complexity index is 583. The van der Waals surface area contributed by atoms with Gasteiger partial charge in [-0.25, -0.2) is 4.39 Å². The van der Waals surface area contributed by atoms with Crippen LogP contribution in [0.15, 0.2) is 18.2 Å². The number of H-pyrrole nitrogens is 1. The molecule has 0 bridgehead atoms. The van der Waals surface area contributed by atoms with Gasteiger partial charge in [-0.15, -0.1) is 0 Å². The maximum atomic E-state index is 13.8. The third-order valence-corrected chi connectivity index (χ3v) is 3.77. The normalized spacial score (nSPS) is 22.7. The zero-order valence-corrected chi connectivity index (χ0v) is 10.4. The molecule has 1 aliphatic heterocycles. The van der Waals surface area contributed by atoms with Gasteiger partial charge < -0.3 is 10.3 Å². The summed E-state index contributed by atoms with van der Waals surface area (Å²) in [4.78, 5) is 3.25. The van der Waals surface area contributed by atoms with Crippen LogP contribution in [0.25, 0.3) is 10.9 Å². The van der Waals surface area contributed by atoms with Gasteiger partial charge in [-0.2, -0.15) is 0 Å². The van der Waals surface area contributed by atoms with Crippen LogP contribution in [0.5, 0.6) is 0 Å². The van der Waals surface area contributed by atoms with Crippen LogP contribution in [0.3, 0.4) is 0 Å². The highest BCUT2D eigenvalue weighted by Crippen LogP contribution is 2.39. The molecule has 0 saturated carbocycles. The van der Waals surface area contributed by atoms with E-state index in [0.29, 0.717) is 5.52 Å². The lowest BCUT2D eigenvalue weighted by Crippen LogP contribution is -2.40. The summed E-state index contributed by atoms with van der Waals surface area (Å²) in [6.07, 6.45) is 0. The highest BCUT2D eigenvalue weighted by atomic mass is 19.1. The number of fused-ring (bicyclic) bond motifs is 3. The van der Waals surface area contributed by atoms with Crippen LogP contribution in [0.4, 0.5) is 4.39 Å². The number of para-hydroxylation sites is 1. The Hall–Kier alpha value is -1.35. The largest absolute Gasteiger partial charge is 0.354 e. The van der Waals surface area contributed by atoms with E-state index in [0.717, 1.165) is 17.6 Å². The molecule has 0 aliphatic carbocycles. The van der Waals surface area contributed by atoms with Gasteiger partial charge in [0.25, 0.3) is 0 Å². The molecule has 0 amide bonds. The molecule has 1 atom stereocenters. The minimum absolute atomic E-state index is 0.0356. The first kappa shape index (κ1) is 10.8. The number of rotatable bonds is 0. The van der Waals surface area contributed by atoms with E-state index >= 15 is 0 Å². The van der Waals surface area contributed by atoms with Gasteiger partial charge in [0.05, 0.1) is 5.52 Å². The monoisotopic (exact) mass is 232 g/mol. The molecule has 2 N–H and O–H groups in total. The predicted octanol–water partition coefficient (Wildman–Crippen LogP) is 3.25. The smallest absolute Gasteiger partial charge is 0.147 e. The SMILES string of the molecule is CC1NCC(C)(C)c2c1[nH]c1c(F)cccc21. The Morgan fingerprint density at radius 2 is 2.12 bits per heavy atom. The van der Waals surface area contributed by atoms with E-state index in [2.05, 4.69) is 31.1 Å². The second-order valence-electron chi connectivity index (χ2n) is 5.56. The first-order valence-corrected chi connectivity index (χ1v) is 6.04.